The summed E-state index contributed by atoms with van der Waals surface area (Å²) in [7, 11) is -3.85. The minimum Gasteiger partial charge on any atom is -0.352 e. The van der Waals surface area contributed by atoms with Gasteiger partial charge in [-0.05, 0) is 53.9 Å². The zero-order valence-corrected chi connectivity index (χ0v) is 18.0. The molecular weight excluding hydrogens is 441 g/mol. The number of anilines is 1. The Kier molecular flexibility index (Phi) is 7.19. The summed E-state index contributed by atoms with van der Waals surface area (Å²) in [4.78, 5) is 12.3. The second-order valence-corrected chi connectivity index (χ2v) is 9.10. The van der Waals surface area contributed by atoms with Crippen LogP contribution < -0.4 is 9.62 Å². The molecule has 0 atom stereocenters. The maximum atomic E-state index is 14.1. The van der Waals surface area contributed by atoms with E-state index in [-0.39, 0.29) is 24.0 Å². The third kappa shape index (κ3) is 6.10. The minimum absolute atomic E-state index is 0.187. The van der Waals surface area contributed by atoms with Crippen LogP contribution in [0.3, 0.4) is 0 Å². The molecule has 0 aliphatic heterocycles. The summed E-state index contributed by atoms with van der Waals surface area (Å²) in [6, 6.07) is 14.9. The van der Waals surface area contributed by atoms with E-state index < -0.39 is 21.7 Å². The predicted molar refractivity (Wildman–Crippen MR) is 116 cm³/mol. The lowest BCUT2D eigenvalue weighted by molar-refractivity contribution is 0.0954. The van der Waals surface area contributed by atoms with Crippen LogP contribution in [0.5, 0.6) is 0 Å². The SMILES string of the molecule is CS(=O)(=O)N(Cc1ccc(C(=O)NCCc2ccc(F)cc2)cc1)c1ccc(F)cc1F. The summed E-state index contributed by atoms with van der Waals surface area (Å²) in [6.07, 6.45) is 1.47. The molecule has 1 amide bonds. The molecule has 168 valence electrons. The van der Waals surface area contributed by atoms with Crippen molar-refractivity contribution in [3.8, 4) is 0 Å². The molecule has 0 unspecified atom stereocenters. The van der Waals surface area contributed by atoms with Gasteiger partial charge < -0.3 is 5.32 Å². The van der Waals surface area contributed by atoms with E-state index >= 15 is 0 Å². The van der Waals surface area contributed by atoms with Gasteiger partial charge in [-0.2, -0.15) is 0 Å². The molecule has 3 aromatic rings. The molecule has 0 radical (unpaired) electrons. The van der Waals surface area contributed by atoms with Gasteiger partial charge in [0.1, 0.15) is 17.5 Å². The monoisotopic (exact) mass is 462 g/mol. The first-order chi connectivity index (χ1) is 15.1. The molecule has 0 aliphatic rings. The van der Waals surface area contributed by atoms with Crippen molar-refractivity contribution >= 4 is 21.6 Å². The van der Waals surface area contributed by atoms with Gasteiger partial charge in [0.05, 0.1) is 18.5 Å². The summed E-state index contributed by atoms with van der Waals surface area (Å²) in [5.41, 5.74) is 1.50. The van der Waals surface area contributed by atoms with Crippen molar-refractivity contribution in [2.45, 2.75) is 13.0 Å². The topological polar surface area (TPSA) is 66.5 Å². The van der Waals surface area contributed by atoms with Crippen molar-refractivity contribution in [2.24, 2.45) is 0 Å². The summed E-state index contributed by atoms with van der Waals surface area (Å²) < 4.78 is 65.5. The number of carbonyl (C=O) groups excluding carboxylic acids is 1. The average Bonchev–Trinajstić information content (AvgIpc) is 2.73. The number of nitrogens with zero attached hydrogens (tertiary/aromatic N) is 1. The molecule has 5 nitrogen and oxygen atoms in total. The Labute approximate surface area is 184 Å². The number of carbonyl (C=O) groups is 1. The first kappa shape index (κ1) is 23.3. The van der Waals surface area contributed by atoms with Crippen LogP contribution in [0.2, 0.25) is 0 Å². The van der Waals surface area contributed by atoms with Gasteiger partial charge in [-0.15, -0.1) is 0 Å². The summed E-state index contributed by atoms with van der Waals surface area (Å²) in [5.74, 6) is -2.44. The zero-order valence-electron chi connectivity index (χ0n) is 17.2. The highest BCUT2D eigenvalue weighted by Gasteiger charge is 2.21. The lowest BCUT2D eigenvalue weighted by Crippen LogP contribution is -2.30. The molecule has 0 spiro atoms. The molecule has 32 heavy (non-hydrogen) atoms. The Hall–Kier alpha value is -3.33. The van der Waals surface area contributed by atoms with Crippen LogP contribution in [0.4, 0.5) is 18.9 Å². The summed E-state index contributed by atoms with van der Waals surface area (Å²) >= 11 is 0. The molecule has 0 heterocycles. The number of nitrogens with one attached hydrogen (secondary N) is 1. The minimum atomic E-state index is -3.85. The fourth-order valence-electron chi connectivity index (χ4n) is 3.07. The Morgan fingerprint density at radius 3 is 2.06 bits per heavy atom. The van der Waals surface area contributed by atoms with E-state index in [1.54, 1.807) is 24.3 Å². The van der Waals surface area contributed by atoms with Crippen molar-refractivity contribution in [1.29, 1.82) is 0 Å². The van der Waals surface area contributed by atoms with Crippen LogP contribution in [-0.4, -0.2) is 27.1 Å². The molecule has 3 aromatic carbocycles. The van der Waals surface area contributed by atoms with Crippen LogP contribution >= 0.6 is 0 Å². The third-order valence-electron chi connectivity index (χ3n) is 4.73. The van der Waals surface area contributed by atoms with E-state index in [1.807, 2.05) is 0 Å². The Balaban J connectivity index is 1.65. The Bertz CT molecular complexity index is 1200. The number of halogens is 3. The number of sulfonamides is 1. The fraction of sp³-hybridized carbons (Fsp3) is 0.174. The smallest absolute Gasteiger partial charge is 0.251 e. The highest BCUT2D eigenvalue weighted by atomic mass is 32.2. The van der Waals surface area contributed by atoms with E-state index in [2.05, 4.69) is 5.32 Å². The van der Waals surface area contributed by atoms with Crippen molar-refractivity contribution in [3.63, 3.8) is 0 Å². The van der Waals surface area contributed by atoms with Gasteiger partial charge in [0.25, 0.3) is 5.91 Å². The van der Waals surface area contributed by atoms with Crippen LogP contribution in [0.1, 0.15) is 21.5 Å². The van der Waals surface area contributed by atoms with Crippen LogP contribution in [0.25, 0.3) is 0 Å². The highest BCUT2D eigenvalue weighted by molar-refractivity contribution is 7.92. The van der Waals surface area contributed by atoms with Gasteiger partial charge in [-0.25, -0.2) is 21.6 Å². The molecule has 3 rings (SSSR count). The number of benzene rings is 3. The van der Waals surface area contributed by atoms with Crippen molar-refractivity contribution in [2.75, 3.05) is 17.1 Å². The highest BCUT2D eigenvalue weighted by Crippen LogP contribution is 2.25. The number of amides is 1. The lowest BCUT2D eigenvalue weighted by Gasteiger charge is -2.23. The fourth-order valence-corrected chi connectivity index (χ4v) is 3.95. The predicted octanol–water partition coefficient (Wildman–Crippen LogP) is 4.04. The second kappa shape index (κ2) is 9.86. The summed E-state index contributed by atoms with van der Waals surface area (Å²) in [5, 5.41) is 2.76. The number of hydrogen-bond acceptors (Lipinski definition) is 3. The van der Waals surface area contributed by atoms with Gasteiger partial charge in [0, 0.05) is 18.2 Å². The second-order valence-electron chi connectivity index (χ2n) is 7.19. The first-order valence-electron chi connectivity index (χ1n) is 9.68. The summed E-state index contributed by atoms with van der Waals surface area (Å²) in [6.45, 7) is 0.172. The lowest BCUT2D eigenvalue weighted by atomic mass is 10.1. The van der Waals surface area contributed by atoms with Gasteiger partial charge in [0.2, 0.25) is 10.0 Å². The maximum absolute atomic E-state index is 14.1. The average molecular weight is 462 g/mol. The van der Waals surface area contributed by atoms with Crippen molar-refractivity contribution in [1.82, 2.24) is 5.32 Å². The molecule has 0 saturated heterocycles. The molecule has 0 saturated carbocycles. The van der Waals surface area contributed by atoms with Crippen LogP contribution in [0.15, 0.2) is 66.7 Å². The van der Waals surface area contributed by atoms with E-state index in [9.17, 15) is 26.4 Å². The normalized spacial score (nSPS) is 11.2. The standard InChI is InChI=1S/C23H21F3N2O3S/c1-32(30,31)28(22-11-10-20(25)14-21(22)26)15-17-2-6-18(7-3-17)23(29)27-13-12-16-4-8-19(24)9-5-16/h2-11,14H,12-13,15H2,1H3,(H,27,29). The molecule has 0 bridgehead atoms. The van der Waals surface area contributed by atoms with Crippen molar-refractivity contribution in [3.05, 3.63) is 101 Å². The van der Waals surface area contributed by atoms with E-state index in [1.165, 1.54) is 24.3 Å². The quantitative estimate of drug-likeness (QED) is 0.550. The number of rotatable bonds is 8. The first-order valence-corrected chi connectivity index (χ1v) is 11.5. The Morgan fingerprint density at radius 1 is 0.875 bits per heavy atom. The van der Waals surface area contributed by atoms with Crippen LogP contribution in [-0.2, 0) is 23.0 Å². The van der Waals surface area contributed by atoms with Crippen molar-refractivity contribution < 1.29 is 26.4 Å². The Morgan fingerprint density at radius 2 is 1.47 bits per heavy atom. The molecule has 0 fully saturated rings. The molecular formula is C23H21F3N2O3S. The number of hydrogen-bond donors (Lipinski definition) is 1. The van der Waals surface area contributed by atoms with E-state index in [0.717, 1.165) is 28.3 Å². The van der Waals surface area contributed by atoms with Gasteiger partial charge in [-0.1, -0.05) is 24.3 Å². The molecule has 0 aliphatic carbocycles. The largest absolute Gasteiger partial charge is 0.352 e. The molecule has 9 heteroatoms. The van der Waals surface area contributed by atoms with E-state index in [0.29, 0.717) is 30.2 Å². The molecule has 0 aromatic heterocycles. The zero-order chi connectivity index (χ0) is 23.3. The molecule has 1 N–H and O–H groups in total. The van der Waals surface area contributed by atoms with Gasteiger partial charge in [0.15, 0.2) is 0 Å². The van der Waals surface area contributed by atoms with Crippen LogP contribution in [0, 0.1) is 17.5 Å². The van der Waals surface area contributed by atoms with Gasteiger partial charge >= 0.3 is 0 Å². The van der Waals surface area contributed by atoms with Gasteiger partial charge in [-0.3, -0.25) is 9.10 Å². The maximum Gasteiger partial charge on any atom is 0.251 e. The van der Waals surface area contributed by atoms with E-state index in [4.69, 9.17) is 0 Å². The third-order valence-corrected chi connectivity index (χ3v) is 5.86.